The molecule has 1 N–H and O–H groups in total. The van der Waals surface area contributed by atoms with Crippen molar-refractivity contribution in [2.24, 2.45) is 5.41 Å². The minimum Gasteiger partial charge on any atom is -0.497 e. The molecule has 0 unspecified atom stereocenters. The fraction of sp³-hybridized carbons (Fsp3) is 0.364. The number of carbonyl (C=O) groups is 1. The van der Waals surface area contributed by atoms with Crippen LogP contribution in [0.2, 0.25) is 0 Å². The van der Waals surface area contributed by atoms with E-state index in [1.54, 1.807) is 36.4 Å². The Morgan fingerprint density at radius 3 is 2.33 bits per heavy atom. The molecule has 6 heteroatoms. The first-order valence-corrected chi connectivity index (χ1v) is 13.4. The Balaban J connectivity index is 0.00000134. The largest absolute Gasteiger partial charge is 0.497 e. The van der Waals surface area contributed by atoms with Crippen LogP contribution in [0.5, 0.6) is 11.5 Å². The van der Waals surface area contributed by atoms with Gasteiger partial charge in [0.1, 0.15) is 29.7 Å². The van der Waals surface area contributed by atoms with E-state index < -0.39 is 17.6 Å². The fourth-order valence-corrected chi connectivity index (χ4v) is 4.68. The lowest BCUT2D eigenvalue weighted by molar-refractivity contribution is -0.136. The van der Waals surface area contributed by atoms with Gasteiger partial charge in [-0.25, -0.2) is 8.78 Å². The second-order valence-corrected chi connectivity index (χ2v) is 10.4. The molecule has 39 heavy (non-hydrogen) atoms. The van der Waals surface area contributed by atoms with E-state index >= 15 is 4.39 Å². The Bertz CT molecular complexity index is 1330. The highest BCUT2D eigenvalue weighted by Crippen LogP contribution is 2.47. The molecular weight excluding hydrogens is 498 g/mol. The standard InChI is InChI=1S/C30H30F2O4.C3H8/c1-30(2)13-5-8-26(30)24-15-20(18-36-22-7-4-6-19(14-22)9-12-29(33)34)28(32)17-23(24)25-16-21(35-3)10-11-27(25)31;1-3-2/h4,6-8,10-11,14-17H,5,9,12-13,18H2,1-3H3,(H,33,34);3H2,1-2H3. The van der Waals surface area contributed by atoms with E-state index in [-0.39, 0.29) is 24.0 Å². The van der Waals surface area contributed by atoms with Crippen LogP contribution in [0.3, 0.4) is 0 Å². The number of hydrogen-bond donors (Lipinski definition) is 1. The van der Waals surface area contributed by atoms with E-state index in [0.29, 0.717) is 29.0 Å². The first-order chi connectivity index (χ1) is 18.6. The number of carboxylic acids is 1. The van der Waals surface area contributed by atoms with Crippen LogP contribution in [-0.4, -0.2) is 18.2 Å². The number of ether oxygens (including phenoxy) is 2. The number of rotatable bonds is 9. The van der Waals surface area contributed by atoms with E-state index in [1.165, 1.54) is 25.7 Å². The molecule has 0 heterocycles. The summed E-state index contributed by atoms with van der Waals surface area (Å²) in [6, 6.07) is 14.8. The molecule has 0 aromatic heterocycles. The molecule has 0 spiro atoms. The zero-order valence-electron chi connectivity index (χ0n) is 23.4. The molecule has 1 aliphatic rings. The Labute approximate surface area is 230 Å². The van der Waals surface area contributed by atoms with Gasteiger partial charge in [0.05, 0.1) is 7.11 Å². The number of aryl methyl sites for hydroxylation is 1. The van der Waals surface area contributed by atoms with E-state index in [2.05, 4.69) is 33.8 Å². The third-order valence-electron chi connectivity index (χ3n) is 6.71. The molecule has 4 rings (SSSR count). The van der Waals surface area contributed by atoms with Gasteiger partial charge in [-0.05, 0) is 89.4 Å². The molecule has 0 aliphatic heterocycles. The van der Waals surface area contributed by atoms with Crippen LogP contribution >= 0.6 is 0 Å². The highest BCUT2D eigenvalue weighted by Gasteiger charge is 2.31. The van der Waals surface area contributed by atoms with Crippen molar-refractivity contribution in [2.45, 2.75) is 66.4 Å². The molecular formula is C33H38F2O4. The van der Waals surface area contributed by atoms with Crippen LogP contribution in [0.1, 0.15) is 70.1 Å². The van der Waals surface area contributed by atoms with Gasteiger partial charge in [-0.3, -0.25) is 4.79 Å². The van der Waals surface area contributed by atoms with Crippen LogP contribution in [0.25, 0.3) is 16.7 Å². The van der Waals surface area contributed by atoms with E-state index in [9.17, 15) is 9.18 Å². The summed E-state index contributed by atoms with van der Waals surface area (Å²) in [5.41, 5.74) is 3.64. The van der Waals surface area contributed by atoms with Crippen molar-refractivity contribution < 1.29 is 28.2 Å². The summed E-state index contributed by atoms with van der Waals surface area (Å²) < 4.78 is 41.5. The van der Waals surface area contributed by atoms with E-state index in [4.69, 9.17) is 14.6 Å². The molecule has 0 saturated heterocycles. The van der Waals surface area contributed by atoms with Gasteiger partial charge in [-0.1, -0.05) is 52.3 Å². The van der Waals surface area contributed by atoms with Crippen LogP contribution in [0.15, 0.2) is 60.7 Å². The zero-order valence-corrected chi connectivity index (χ0v) is 23.4. The van der Waals surface area contributed by atoms with Crippen LogP contribution in [0.4, 0.5) is 8.78 Å². The number of benzene rings is 3. The summed E-state index contributed by atoms with van der Waals surface area (Å²) in [6.45, 7) is 8.51. The molecule has 0 fully saturated rings. The van der Waals surface area contributed by atoms with E-state index in [1.807, 2.05) is 6.07 Å². The maximum absolute atomic E-state index is 15.4. The minimum atomic E-state index is -0.868. The smallest absolute Gasteiger partial charge is 0.303 e. The Morgan fingerprint density at radius 2 is 1.69 bits per heavy atom. The third-order valence-corrected chi connectivity index (χ3v) is 6.71. The molecule has 0 atom stereocenters. The third kappa shape index (κ3) is 7.69. The summed E-state index contributed by atoms with van der Waals surface area (Å²) in [6.07, 6.45) is 5.65. The summed E-state index contributed by atoms with van der Waals surface area (Å²) >= 11 is 0. The Hall–Kier alpha value is -3.67. The van der Waals surface area contributed by atoms with Crippen molar-refractivity contribution in [2.75, 3.05) is 7.11 Å². The number of halogens is 2. The fourth-order valence-electron chi connectivity index (χ4n) is 4.68. The topological polar surface area (TPSA) is 55.8 Å². The highest BCUT2D eigenvalue weighted by atomic mass is 19.1. The number of carboxylic acid groups (broad SMARTS) is 1. The van der Waals surface area contributed by atoms with Gasteiger partial charge < -0.3 is 14.6 Å². The van der Waals surface area contributed by atoms with Gasteiger partial charge in [0, 0.05) is 17.5 Å². The van der Waals surface area contributed by atoms with Gasteiger partial charge in [0.15, 0.2) is 0 Å². The molecule has 3 aromatic carbocycles. The summed E-state index contributed by atoms with van der Waals surface area (Å²) in [7, 11) is 1.51. The highest BCUT2D eigenvalue weighted by molar-refractivity contribution is 5.85. The quantitative estimate of drug-likeness (QED) is 0.297. The lowest BCUT2D eigenvalue weighted by atomic mass is 9.79. The van der Waals surface area contributed by atoms with Crippen molar-refractivity contribution in [3.05, 3.63) is 89.0 Å². The van der Waals surface area contributed by atoms with Gasteiger partial charge in [-0.15, -0.1) is 0 Å². The number of aliphatic carboxylic acids is 1. The predicted octanol–water partition coefficient (Wildman–Crippen LogP) is 8.86. The summed E-state index contributed by atoms with van der Waals surface area (Å²) in [4.78, 5) is 10.9. The zero-order chi connectivity index (χ0) is 28.6. The van der Waals surface area contributed by atoms with Crippen LogP contribution in [0, 0.1) is 17.0 Å². The minimum absolute atomic E-state index is 0.0181. The van der Waals surface area contributed by atoms with Crippen molar-refractivity contribution >= 4 is 11.5 Å². The molecule has 0 radical (unpaired) electrons. The number of allylic oxidation sites excluding steroid dienone is 2. The molecule has 0 bridgehead atoms. The maximum Gasteiger partial charge on any atom is 0.303 e. The number of hydrogen-bond acceptors (Lipinski definition) is 3. The Kier molecular flexibility index (Phi) is 10.3. The first kappa shape index (κ1) is 29.9. The predicted molar refractivity (Wildman–Crippen MR) is 152 cm³/mol. The van der Waals surface area contributed by atoms with Gasteiger partial charge in [0.25, 0.3) is 0 Å². The molecule has 1 aliphatic carbocycles. The lowest BCUT2D eigenvalue weighted by Crippen LogP contribution is -2.11. The van der Waals surface area contributed by atoms with Gasteiger partial charge in [-0.2, -0.15) is 0 Å². The average molecular weight is 537 g/mol. The van der Waals surface area contributed by atoms with Gasteiger partial charge in [0.2, 0.25) is 0 Å². The SMILES string of the molecule is CCC.COc1ccc(F)c(-c2cc(F)c(COc3cccc(CCC(=O)O)c3)cc2C2=CCCC2(C)C)c1. The maximum atomic E-state index is 15.4. The molecule has 0 saturated carbocycles. The number of methoxy groups -OCH3 is 1. The second kappa shape index (κ2) is 13.4. The van der Waals surface area contributed by atoms with Crippen molar-refractivity contribution in [1.82, 2.24) is 0 Å². The summed E-state index contributed by atoms with van der Waals surface area (Å²) in [5.74, 6) is -0.785. The molecule has 4 nitrogen and oxygen atoms in total. The molecule has 208 valence electrons. The van der Waals surface area contributed by atoms with Crippen molar-refractivity contribution in [3.63, 3.8) is 0 Å². The Morgan fingerprint density at radius 1 is 0.949 bits per heavy atom. The average Bonchev–Trinajstić information content (AvgIpc) is 3.26. The monoisotopic (exact) mass is 536 g/mol. The van der Waals surface area contributed by atoms with Gasteiger partial charge >= 0.3 is 5.97 Å². The van der Waals surface area contributed by atoms with E-state index in [0.717, 1.165) is 29.5 Å². The normalized spacial score (nSPS) is 13.8. The van der Waals surface area contributed by atoms with Crippen LogP contribution < -0.4 is 9.47 Å². The molecule has 0 amide bonds. The molecule has 3 aromatic rings. The van der Waals surface area contributed by atoms with Crippen LogP contribution in [-0.2, 0) is 17.8 Å². The lowest BCUT2D eigenvalue weighted by Gasteiger charge is -2.26. The summed E-state index contributed by atoms with van der Waals surface area (Å²) in [5, 5.41) is 8.92. The first-order valence-electron chi connectivity index (χ1n) is 13.4. The van der Waals surface area contributed by atoms with Crippen molar-refractivity contribution in [1.29, 1.82) is 0 Å². The second-order valence-electron chi connectivity index (χ2n) is 10.4. The van der Waals surface area contributed by atoms with Crippen molar-refractivity contribution in [3.8, 4) is 22.6 Å².